The molecule has 0 amide bonds. The number of aromatic nitrogens is 1. The third kappa shape index (κ3) is 2.69. The fourth-order valence-corrected chi connectivity index (χ4v) is 2.58. The Morgan fingerprint density at radius 2 is 1.74 bits per heavy atom. The second-order valence-corrected chi connectivity index (χ2v) is 5.13. The summed E-state index contributed by atoms with van der Waals surface area (Å²) in [5.74, 6) is -0.757. The molecular formula is C19H12F2N2. The largest absolute Gasteiger partial charge is 0.255 e. The van der Waals surface area contributed by atoms with Gasteiger partial charge in [-0.25, -0.2) is 8.78 Å². The van der Waals surface area contributed by atoms with Crippen molar-refractivity contribution in [1.82, 2.24) is 4.98 Å². The summed E-state index contributed by atoms with van der Waals surface area (Å²) in [5, 5.41) is 9.57. The summed E-state index contributed by atoms with van der Waals surface area (Å²) >= 11 is 0. The van der Waals surface area contributed by atoms with E-state index < -0.39 is 5.82 Å². The van der Waals surface area contributed by atoms with Crippen molar-refractivity contribution in [2.24, 2.45) is 0 Å². The minimum absolute atomic E-state index is 0.271. The monoisotopic (exact) mass is 306 g/mol. The highest BCUT2D eigenvalue weighted by Crippen LogP contribution is 2.33. The molecule has 4 heteroatoms. The Morgan fingerprint density at radius 3 is 2.43 bits per heavy atom. The fourth-order valence-electron chi connectivity index (χ4n) is 2.58. The molecule has 0 atom stereocenters. The molecule has 0 fully saturated rings. The van der Waals surface area contributed by atoms with Crippen LogP contribution >= 0.6 is 0 Å². The van der Waals surface area contributed by atoms with Gasteiger partial charge in [0.15, 0.2) is 0 Å². The van der Waals surface area contributed by atoms with E-state index in [0.29, 0.717) is 27.9 Å². The highest BCUT2D eigenvalue weighted by atomic mass is 19.1. The number of halogens is 2. The Bertz CT molecular complexity index is 927. The molecule has 0 aliphatic rings. The van der Waals surface area contributed by atoms with Crippen LogP contribution in [0, 0.1) is 29.9 Å². The highest BCUT2D eigenvalue weighted by Gasteiger charge is 2.16. The molecular weight excluding hydrogens is 294 g/mol. The first-order valence-electron chi connectivity index (χ1n) is 7.02. The molecule has 0 N–H and O–H groups in total. The lowest BCUT2D eigenvalue weighted by molar-refractivity contribution is 0.627. The summed E-state index contributed by atoms with van der Waals surface area (Å²) in [5.41, 5.74) is 2.82. The van der Waals surface area contributed by atoms with E-state index in [1.807, 2.05) is 0 Å². The first-order chi connectivity index (χ1) is 11.1. The zero-order valence-corrected chi connectivity index (χ0v) is 12.3. The van der Waals surface area contributed by atoms with Gasteiger partial charge in [-0.15, -0.1) is 0 Å². The molecule has 3 aromatic rings. The van der Waals surface area contributed by atoms with Gasteiger partial charge in [0.25, 0.3) is 0 Å². The Labute approximate surface area is 132 Å². The van der Waals surface area contributed by atoms with Crippen molar-refractivity contribution in [3.63, 3.8) is 0 Å². The van der Waals surface area contributed by atoms with Crippen molar-refractivity contribution in [3.8, 4) is 28.5 Å². The molecule has 0 saturated heterocycles. The molecule has 1 heterocycles. The molecule has 112 valence electrons. The van der Waals surface area contributed by atoms with Crippen LogP contribution in [0.2, 0.25) is 0 Å². The molecule has 0 spiro atoms. The van der Waals surface area contributed by atoms with Crippen LogP contribution in [-0.4, -0.2) is 4.98 Å². The maximum atomic E-state index is 14.1. The predicted octanol–water partition coefficient (Wildman–Crippen LogP) is 4.87. The first kappa shape index (κ1) is 14.9. The number of nitrogens with zero attached hydrogens (tertiary/aromatic N) is 2. The van der Waals surface area contributed by atoms with Crippen molar-refractivity contribution in [2.75, 3.05) is 0 Å². The number of pyridine rings is 1. The van der Waals surface area contributed by atoms with Crippen LogP contribution in [0.1, 0.15) is 11.1 Å². The number of aryl methyl sites for hydroxylation is 1. The van der Waals surface area contributed by atoms with Crippen LogP contribution in [-0.2, 0) is 0 Å². The van der Waals surface area contributed by atoms with E-state index in [9.17, 15) is 14.0 Å². The summed E-state index contributed by atoms with van der Waals surface area (Å²) in [4.78, 5) is 4.26. The summed E-state index contributed by atoms with van der Waals surface area (Å²) in [6, 6.07) is 14.3. The fraction of sp³-hybridized carbons (Fsp3) is 0.0526. The maximum absolute atomic E-state index is 14.1. The van der Waals surface area contributed by atoms with Gasteiger partial charge >= 0.3 is 0 Å². The molecule has 0 saturated carbocycles. The standard InChI is InChI=1S/C19H12F2N2/c1-12-10-13(20)6-7-14(12)19-17(11-22)15(8-9-23-19)16-4-2-3-5-18(16)21/h2-10H,1H3. The Morgan fingerprint density at radius 1 is 0.957 bits per heavy atom. The summed E-state index contributed by atoms with van der Waals surface area (Å²) < 4.78 is 27.4. The molecule has 1 aromatic heterocycles. The predicted molar refractivity (Wildman–Crippen MR) is 84.5 cm³/mol. The highest BCUT2D eigenvalue weighted by molar-refractivity contribution is 5.80. The van der Waals surface area contributed by atoms with Crippen LogP contribution in [0.5, 0.6) is 0 Å². The minimum atomic E-state index is -0.406. The van der Waals surface area contributed by atoms with E-state index in [1.165, 1.54) is 24.4 Å². The number of nitriles is 1. The van der Waals surface area contributed by atoms with Crippen molar-refractivity contribution in [2.45, 2.75) is 6.92 Å². The van der Waals surface area contributed by atoms with E-state index in [0.717, 1.165) is 0 Å². The third-order valence-corrected chi connectivity index (χ3v) is 3.67. The second kappa shape index (κ2) is 5.98. The molecule has 0 aliphatic carbocycles. The Hall–Kier alpha value is -3.06. The van der Waals surface area contributed by atoms with E-state index in [1.54, 1.807) is 37.3 Å². The average Bonchev–Trinajstić information content (AvgIpc) is 2.55. The van der Waals surface area contributed by atoms with Crippen molar-refractivity contribution in [1.29, 1.82) is 5.26 Å². The van der Waals surface area contributed by atoms with E-state index in [-0.39, 0.29) is 11.4 Å². The lowest BCUT2D eigenvalue weighted by Crippen LogP contribution is -1.96. The zero-order valence-electron chi connectivity index (χ0n) is 12.3. The van der Waals surface area contributed by atoms with Gasteiger partial charge in [0.1, 0.15) is 17.7 Å². The third-order valence-electron chi connectivity index (χ3n) is 3.67. The van der Waals surface area contributed by atoms with Crippen LogP contribution < -0.4 is 0 Å². The normalized spacial score (nSPS) is 10.3. The summed E-state index contributed by atoms with van der Waals surface area (Å²) in [6.45, 7) is 1.75. The van der Waals surface area contributed by atoms with E-state index >= 15 is 0 Å². The lowest BCUT2D eigenvalue weighted by atomic mass is 9.95. The van der Waals surface area contributed by atoms with Gasteiger partial charge in [-0.3, -0.25) is 4.98 Å². The lowest BCUT2D eigenvalue weighted by Gasteiger charge is -2.11. The van der Waals surface area contributed by atoms with Gasteiger partial charge in [0.05, 0.1) is 11.3 Å². The van der Waals surface area contributed by atoms with Gasteiger partial charge in [-0.05, 0) is 42.8 Å². The molecule has 0 unspecified atom stereocenters. The number of hydrogen-bond donors (Lipinski definition) is 0. The molecule has 2 aromatic carbocycles. The van der Waals surface area contributed by atoms with E-state index in [2.05, 4.69) is 11.1 Å². The number of benzene rings is 2. The molecule has 0 bridgehead atoms. The quantitative estimate of drug-likeness (QED) is 0.677. The molecule has 0 aliphatic heterocycles. The van der Waals surface area contributed by atoms with Gasteiger partial charge in [0.2, 0.25) is 0 Å². The average molecular weight is 306 g/mol. The van der Waals surface area contributed by atoms with Crippen LogP contribution in [0.25, 0.3) is 22.4 Å². The minimum Gasteiger partial charge on any atom is -0.255 e. The zero-order chi connectivity index (χ0) is 16.4. The van der Waals surface area contributed by atoms with Gasteiger partial charge in [-0.1, -0.05) is 18.2 Å². The van der Waals surface area contributed by atoms with Gasteiger partial charge in [-0.2, -0.15) is 5.26 Å². The van der Waals surface area contributed by atoms with Crippen LogP contribution in [0.3, 0.4) is 0 Å². The molecule has 3 rings (SSSR count). The number of rotatable bonds is 2. The van der Waals surface area contributed by atoms with Crippen LogP contribution in [0.15, 0.2) is 54.7 Å². The smallest absolute Gasteiger partial charge is 0.131 e. The second-order valence-electron chi connectivity index (χ2n) is 5.13. The Balaban J connectivity index is 2.27. The van der Waals surface area contributed by atoms with Crippen molar-refractivity contribution >= 4 is 0 Å². The van der Waals surface area contributed by atoms with Gasteiger partial charge in [0, 0.05) is 22.9 Å². The summed E-state index contributed by atoms with van der Waals surface area (Å²) in [6.07, 6.45) is 1.53. The van der Waals surface area contributed by atoms with Gasteiger partial charge < -0.3 is 0 Å². The van der Waals surface area contributed by atoms with Crippen molar-refractivity contribution in [3.05, 3.63) is 77.5 Å². The molecule has 0 radical (unpaired) electrons. The SMILES string of the molecule is Cc1cc(F)ccc1-c1nccc(-c2ccccc2F)c1C#N. The molecule has 23 heavy (non-hydrogen) atoms. The Kier molecular flexibility index (Phi) is 3.86. The number of hydrogen-bond acceptors (Lipinski definition) is 2. The van der Waals surface area contributed by atoms with E-state index in [4.69, 9.17) is 0 Å². The van der Waals surface area contributed by atoms with Crippen LogP contribution in [0.4, 0.5) is 8.78 Å². The topological polar surface area (TPSA) is 36.7 Å². The van der Waals surface area contributed by atoms with Crippen molar-refractivity contribution < 1.29 is 8.78 Å². The molecule has 2 nitrogen and oxygen atoms in total. The maximum Gasteiger partial charge on any atom is 0.131 e. The first-order valence-corrected chi connectivity index (χ1v) is 7.02. The summed E-state index contributed by atoms with van der Waals surface area (Å²) in [7, 11) is 0.